The number of hydrogen-bond donors (Lipinski definition) is 0. The molecular formula is C15H13Cl2NO3S2. The molecule has 0 bridgehead atoms. The summed E-state index contributed by atoms with van der Waals surface area (Å²) < 4.78 is 5.30. The average Bonchev–Trinajstić information content (AvgIpc) is 2.75. The number of carbonyl (C=O) groups excluding carboxylic acids is 2. The van der Waals surface area contributed by atoms with E-state index in [0.29, 0.717) is 31.4 Å². The van der Waals surface area contributed by atoms with Gasteiger partial charge in [-0.05, 0) is 30.2 Å². The van der Waals surface area contributed by atoms with Gasteiger partial charge in [0.05, 0.1) is 11.5 Å². The van der Waals surface area contributed by atoms with Gasteiger partial charge in [-0.25, -0.2) is 0 Å². The number of thiocarbonyl (C=S) groups is 1. The zero-order valence-corrected chi connectivity index (χ0v) is 15.3. The number of thioether (sulfide) groups is 1. The molecule has 1 aliphatic heterocycles. The molecule has 1 heterocycles. The molecule has 1 fully saturated rings. The van der Waals surface area contributed by atoms with Crippen LogP contribution in [0, 0.1) is 0 Å². The van der Waals surface area contributed by atoms with Crippen LogP contribution in [0.2, 0.25) is 10.0 Å². The minimum atomic E-state index is -0.478. The maximum atomic E-state index is 12.4. The van der Waals surface area contributed by atoms with Gasteiger partial charge in [-0.1, -0.05) is 60.2 Å². The van der Waals surface area contributed by atoms with Crippen molar-refractivity contribution in [3.63, 3.8) is 0 Å². The first-order valence-electron chi connectivity index (χ1n) is 6.78. The van der Waals surface area contributed by atoms with Crippen molar-refractivity contribution in [3.8, 4) is 0 Å². The number of amides is 1. The van der Waals surface area contributed by atoms with Crippen molar-refractivity contribution in [1.29, 1.82) is 0 Å². The van der Waals surface area contributed by atoms with Crippen LogP contribution in [0.5, 0.6) is 0 Å². The Morgan fingerprint density at radius 2 is 2.17 bits per heavy atom. The highest BCUT2D eigenvalue weighted by atomic mass is 35.5. The largest absolute Gasteiger partial charge is 0.464 e. The number of rotatable bonds is 5. The molecule has 4 nitrogen and oxygen atoms in total. The Morgan fingerprint density at radius 1 is 1.43 bits per heavy atom. The second-order valence-corrected chi connectivity index (χ2v) is 7.17. The Hall–Kier alpha value is -1.08. The van der Waals surface area contributed by atoms with Crippen LogP contribution in [-0.2, 0) is 14.3 Å². The zero-order chi connectivity index (χ0) is 17.0. The molecule has 1 aliphatic rings. The fraction of sp³-hybridized carbons (Fsp3) is 0.267. The van der Waals surface area contributed by atoms with Crippen LogP contribution in [-0.4, -0.2) is 34.2 Å². The molecule has 1 aromatic rings. The first-order valence-corrected chi connectivity index (χ1v) is 8.76. The number of esters is 1. The van der Waals surface area contributed by atoms with Gasteiger partial charge in [-0.15, -0.1) is 0 Å². The monoisotopic (exact) mass is 389 g/mol. The number of halogens is 2. The SMILES string of the molecule is CCCOC(=O)CN1C(=O)/C(=C/c2ccc(Cl)cc2Cl)SC1=S. The van der Waals surface area contributed by atoms with E-state index < -0.39 is 5.97 Å². The summed E-state index contributed by atoms with van der Waals surface area (Å²) in [6.45, 7) is 2.03. The third kappa shape index (κ3) is 4.70. The summed E-state index contributed by atoms with van der Waals surface area (Å²) >= 11 is 18.2. The summed E-state index contributed by atoms with van der Waals surface area (Å²) in [5, 5.41) is 0.948. The van der Waals surface area contributed by atoms with Crippen molar-refractivity contribution < 1.29 is 14.3 Å². The Bertz CT molecular complexity index is 691. The smallest absolute Gasteiger partial charge is 0.326 e. The van der Waals surface area contributed by atoms with Gasteiger partial charge in [0.1, 0.15) is 10.9 Å². The molecule has 0 spiro atoms. The van der Waals surface area contributed by atoms with E-state index in [1.165, 1.54) is 4.90 Å². The Kier molecular flexibility index (Phi) is 6.47. The standard InChI is InChI=1S/C15H13Cl2NO3S2/c1-2-5-21-13(19)8-18-14(20)12(23-15(18)22)6-9-3-4-10(16)7-11(9)17/h3-4,6-7H,2,5,8H2,1H3/b12-6-. The minimum absolute atomic E-state index is 0.184. The van der Waals surface area contributed by atoms with E-state index in [4.69, 9.17) is 40.2 Å². The van der Waals surface area contributed by atoms with E-state index in [2.05, 4.69) is 0 Å². The predicted octanol–water partition coefficient (Wildman–Crippen LogP) is 4.15. The molecule has 0 N–H and O–H groups in total. The molecule has 122 valence electrons. The first kappa shape index (κ1) is 18.3. The van der Waals surface area contributed by atoms with Crippen LogP contribution in [0.4, 0.5) is 0 Å². The fourth-order valence-electron chi connectivity index (χ4n) is 1.79. The van der Waals surface area contributed by atoms with E-state index in [1.807, 2.05) is 6.92 Å². The third-order valence-corrected chi connectivity index (χ3v) is 4.82. The lowest BCUT2D eigenvalue weighted by Gasteiger charge is -2.13. The van der Waals surface area contributed by atoms with Crippen LogP contribution >= 0.6 is 47.2 Å². The van der Waals surface area contributed by atoms with Crippen LogP contribution in [0.25, 0.3) is 6.08 Å². The first-order chi connectivity index (χ1) is 10.9. The summed E-state index contributed by atoms with van der Waals surface area (Å²) in [6, 6.07) is 4.99. The highest BCUT2D eigenvalue weighted by molar-refractivity contribution is 8.26. The number of benzene rings is 1. The van der Waals surface area contributed by atoms with E-state index in [9.17, 15) is 9.59 Å². The van der Waals surface area contributed by atoms with Crippen molar-refractivity contribution in [1.82, 2.24) is 4.90 Å². The summed E-state index contributed by atoms with van der Waals surface area (Å²) in [5.41, 5.74) is 0.658. The molecule has 0 aromatic heterocycles. The van der Waals surface area contributed by atoms with Gasteiger partial charge in [-0.2, -0.15) is 0 Å². The normalized spacial score (nSPS) is 16.3. The summed E-state index contributed by atoms with van der Waals surface area (Å²) in [5.74, 6) is -0.812. The van der Waals surface area contributed by atoms with E-state index in [1.54, 1.807) is 24.3 Å². The van der Waals surface area contributed by atoms with Gasteiger partial charge in [-0.3, -0.25) is 14.5 Å². The molecule has 23 heavy (non-hydrogen) atoms. The summed E-state index contributed by atoms with van der Waals surface area (Å²) in [6.07, 6.45) is 2.36. The number of hydrogen-bond acceptors (Lipinski definition) is 5. The molecule has 8 heteroatoms. The maximum Gasteiger partial charge on any atom is 0.326 e. The zero-order valence-electron chi connectivity index (χ0n) is 12.2. The van der Waals surface area contributed by atoms with Crippen molar-refractivity contribution in [3.05, 3.63) is 38.7 Å². The summed E-state index contributed by atoms with van der Waals surface area (Å²) in [7, 11) is 0. The van der Waals surface area contributed by atoms with Crippen LogP contribution < -0.4 is 0 Å². The Labute approximate surface area is 153 Å². The highest BCUT2D eigenvalue weighted by Gasteiger charge is 2.33. The van der Waals surface area contributed by atoms with Crippen LogP contribution in [0.3, 0.4) is 0 Å². The number of carbonyl (C=O) groups is 2. The molecule has 0 unspecified atom stereocenters. The average molecular weight is 390 g/mol. The topological polar surface area (TPSA) is 46.6 Å². The molecule has 1 saturated heterocycles. The second-order valence-electron chi connectivity index (χ2n) is 4.65. The van der Waals surface area contributed by atoms with E-state index in [-0.39, 0.29) is 12.5 Å². The van der Waals surface area contributed by atoms with Crippen LogP contribution in [0.15, 0.2) is 23.1 Å². The van der Waals surface area contributed by atoms with Gasteiger partial charge < -0.3 is 4.74 Å². The van der Waals surface area contributed by atoms with E-state index in [0.717, 1.165) is 18.2 Å². The lowest BCUT2D eigenvalue weighted by atomic mass is 10.2. The predicted molar refractivity (Wildman–Crippen MR) is 97.6 cm³/mol. The van der Waals surface area contributed by atoms with Crippen molar-refractivity contribution in [2.45, 2.75) is 13.3 Å². The molecule has 1 aromatic carbocycles. The molecule has 0 saturated carbocycles. The van der Waals surface area contributed by atoms with Crippen molar-refractivity contribution >= 4 is 69.5 Å². The van der Waals surface area contributed by atoms with Gasteiger partial charge in [0, 0.05) is 10.0 Å². The second kappa shape index (κ2) is 8.15. The van der Waals surface area contributed by atoms with Crippen molar-refractivity contribution in [2.75, 3.05) is 13.2 Å². The lowest BCUT2D eigenvalue weighted by Crippen LogP contribution is -2.34. The summed E-state index contributed by atoms with van der Waals surface area (Å²) in [4.78, 5) is 25.7. The Balaban J connectivity index is 2.14. The van der Waals surface area contributed by atoms with Gasteiger partial charge in [0.15, 0.2) is 0 Å². The fourth-order valence-corrected chi connectivity index (χ4v) is 3.50. The minimum Gasteiger partial charge on any atom is -0.464 e. The quantitative estimate of drug-likeness (QED) is 0.430. The van der Waals surface area contributed by atoms with Crippen LogP contribution in [0.1, 0.15) is 18.9 Å². The molecular weight excluding hydrogens is 377 g/mol. The molecule has 0 atom stereocenters. The molecule has 1 amide bonds. The molecule has 2 rings (SSSR count). The molecule has 0 aliphatic carbocycles. The van der Waals surface area contributed by atoms with Gasteiger partial charge in [0.25, 0.3) is 5.91 Å². The number of ether oxygens (including phenoxy) is 1. The van der Waals surface area contributed by atoms with Gasteiger partial charge >= 0.3 is 5.97 Å². The number of nitrogens with zero attached hydrogens (tertiary/aromatic N) is 1. The highest BCUT2D eigenvalue weighted by Crippen LogP contribution is 2.34. The lowest BCUT2D eigenvalue weighted by molar-refractivity contribution is -0.146. The van der Waals surface area contributed by atoms with Gasteiger partial charge in [0.2, 0.25) is 0 Å². The maximum absolute atomic E-state index is 12.4. The molecule has 0 radical (unpaired) electrons. The third-order valence-electron chi connectivity index (χ3n) is 2.88. The van der Waals surface area contributed by atoms with Crippen molar-refractivity contribution in [2.24, 2.45) is 0 Å². The Morgan fingerprint density at radius 3 is 2.83 bits per heavy atom. The van der Waals surface area contributed by atoms with E-state index >= 15 is 0 Å².